The zero-order valence-electron chi connectivity index (χ0n) is 20.8. The summed E-state index contributed by atoms with van der Waals surface area (Å²) >= 11 is 0.959. The molecule has 2 amide bonds. The van der Waals surface area contributed by atoms with E-state index in [9.17, 15) is 9.59 Å². The highest BCUT2D eigenvalue weighted by molar-refractivity contribution is 8.18. The van der Waals surface area contributed by atoms with E-state index in [0.29, 0.717) is 29.6 Å². The SMILES string of the molecule is CCOc1cc(/C=C2\SC(=O)N(Cc3cccc(C)c3)C2=O)ccc1OCc1cccc2ccccc12. The molecule has 0 radical (unpaired) electrons. The quantitative estimate of drug-likeness (QED) is 0.232. The molecule has 6 heteroatoms. The number of rotatable bonds is 8. The van der Waals surface area contributed by atoms with E-state index >= 15 is 0 Å². The van der Waals surface area contributed by atoms with Crippen molar-refractivity contribution in [2.24, 2.45) is 0 Å². The molecular weight excluding hydrogens is 482 g/mol. The molecule has 0 spiro atoms. The number of fused-ring (bicyclic) bond motifs is 1. The summed E-state index contributed by atoms with van der Waals surface area (Å²) in [5, 5.41) is 2.05. The van der Waals surface area contributed by atoms with Crippen LogP contribution in [0.15, 0.2) is 89.8 Å². The summed E-state index contributed by atoms with van der Waals surface area (Å²) in [5.41, 5.74) is 3.87. The van der Waals surface area contributed by atoms with Gasteiger partial charge in [0.2, 0.25) is 0 Å². The number of benzene rings is 4. The second-order valence-corrected chi connectivity index (χ2v) is 9.82. The molecule has 0 aromatic heterocycles. The fraction of sp³-hybridized carbons (Fsp3) is 0.161. The third-order valence-corrected chi connectivity index (χ3v) is 7.03. The Bertz CT molecular complexity index is 1510. The lowest BCUT2D eigenvalue weighted by molar-refractivity contribution is -0.123. The van der Waals surface area contributed by atoms with Crippen LogP contribution in [-0.2, 0) is 17.9 Å². The van der Waals surface area contributed by atoms with Gasteiger partial charge < -0.3 is 9.47 Å². The van der Waals surface area contributed by atoms with Crippen molar-refractivity contribution in [3.05, 3.63) is 112 Å². The Balaban J connectivity index is 1.34. The van der Waals surface area contributed by atoms with Gasteiger partial charge in [-0.3, -0.25) is 14.5 Å². The van der Waals surface area contributed by atoms with Gasteiger partial charge in [-0.15, -0.1) is 0 Å². The van der Waals surface area contributed by atoms with E-state index in [1.54, 1.807) is 6.08 Å². The van der Waals surface area contributed by atoms with Crippen molar-refractivity contribution in [3.8, 4) is 11.5 Å². The van der Waals surface area contributed by atoms with Crippen molar-refractivity contribution in [1.82, 2.24) is 4.90 Å². The topological polar surface area (TPSA) is 55.8 Å². The molecule has 0 saturated carbocycles. The number of hydrogen-bond donors (Lipinski definition) is 0. The lowest BCUT2D eigenvalue weighted by Crippen LogP contribution is -2.27. The Morgan fingerprint density at radius 1 is 0.865 bits per heavy atom. The van der Waals surface area contributed by atoms with Gasteiger partial charge in [-0.2, -0.15) is 0 Å². The highest BCUT2D eigenvalue weighted by Gasteiger charge is 2.35. The maximum Gasteiger partial charge on any atom is 0.293 e. The molecule has 4 aromatic carbocycles. The number of ether oxygens (including phenoxy) is 2. The second kappa shape index (κ2) is 10.9. The molecule has 5 nitrogen and oxygen atoms in total. The minimum absolute atomic E-state index is 0.259. The van der Waals surface area contributed by atoms with Crippen LogP contribution in [0.25, 0.3) is 16.8 Å². The molecule has 1 saturated heterocycles. The van der Waals surface area contributed by atoms with Crippen molar-refractivity contribution >= 4 is 39.8 Å². The smallest absolute Gasteiger partial charge is 0.293 e. The molecule has 186 valence electrons. The molecule has 0 N–H and O–H groups in total. The molecule has 0 unspecified atom stereocenters. The maximum atomic E-state index is 13.0. The van der Waals surface area contributed by atoms with Gasteiger partial charge in [-0.1, -0.05) is 78.4 Å². The first-order chi connectivity index (χ1) is 18.0. The Morgan fingerprint density at radius 3 is 2.51 bits per heavy atom. The van der Waals surface area contributed by atoms with E-state index in [1.807, 2.05) is 74.5 Å². The first-order valence-corrected chi connectivity index (χ1v) is 13.0. The average Bonchev–Trinajstić information content (AvgIpc) is 3.15. The van der Waals surface area contributed by atoms with Crippen LogP contribution in [0, 0.1) is 6.92 Å². The maximum absolute atomic E-state index is 13.0. The highest BCUT2D eigenvalue weighted by Crippen LogP contribution is 2.36. The van der Waals surface area contributed by atoms with Crippen LogP contribution in [0.1, 0.15) is 29.2 Å². The van der Waals surface area contributed by atoms with Crippen LogP contribution in [-0.4, -0.2) is 22.7 Å². The summed E-state index contributed by atoms with van der Waals surface area (Å²) in [5.74, 6) is 0.931. The Morgan fingerprint density at radius 2 is 1.68 bits per heavy atom. The van der Waals surface area contributed by atoms with Gasteiger partial charge in [-0.05, 0) is 71.3 Å². The van der Waals surface area contributed by atoms with Crippen molar-refractivity contribution < 1.29 is 19.1 Å². The molecule has 37 heavy (non-hydrogen) atoms. The fourth-order valence-electron chi connectivity index (χ4n) is 4.36. The molecule has 0 atom stereocenters. The van der Waals surface area contributed by atoms with Crippen LogP contribution in [0.4, 0.5) is 4.79 Å². The number of amides is 2. The van der Waals surface area contributed by atoms with E-state index in [4.69, 9.17) is 9.47 Å². The second-order valence-electron chi connectivity index (χ2n) is 8.82. The first-order valence-electron chi connectivity index (χ1n) is 12.2. The molecule has 1 heterocycles. The normalized spacial score (nSPS) is 14.5. The van der Waals surface area contributed by atoms with Crippen LogP contribution in [0.3, 0.4) is 0 Å². The van der Waals surface area contributed by atoms with Crippen molar-refractivity contribution in [2.75, 3.05) is 6.61 Å². The molecule has 5 rings (SSSR count). The minimum atomic E-state index is -0.286. The zero-order valence-corrected chi connectivity index (χ0v) is 21.6. The lowest BCUT2D eigenvalue weighted by atomic mass is 10.1. The summed E-state index contributed by atoms with van der Waals surface area (Å²) in [7, 11) is 0. The van der Waals surface area contributed by atoms with E-state index < -0.39 is 0 Å². The molecule has 1 aliphatic rings. The Kier molecular flexibility index (Phi) is 7.28. The molecule has 4 aromatic rings. The van der Waals surface area contributed by atoms with Gasteiger partial charge in [0.15, 0.2) is 11.5 Å². The molecule has 0 aliphatic carbocycles. The number of carbonyl (C=O) groups excluding carboxylic acids is 2. The third-order valence-electron chi connectivity index (χ3n) is 6.13. The lowest BCUT2D eigenvalue weighted by Gasteiger charge is -2.14. The van der Waals surface area contributed by atoms with Gasteiger partial charge in [0.25, 0.3) is 11.1 Å². The standard InChI is InChI=1S/C31H27NO4S/c1-3-35-28-17-22(14-15-27(28)36-20-25-12-7-11-24-10-4-5-13-26(24)25)18-29-30(33)32(31(34)37-29)19-23-9-6-8-21(2)16-23/h4-18H,3,19-20H2,1-2H3/b29-18-. The minimum Gasteiger partial charge on any atom is -0.490 e. The van der Waals surface area contributed by atoms with Gasteiger partial charge in [0.1, 0.15) is 6.61 Å². The number of aryl methyl sites for hydroxylation is 1. The molecule has 1 fully saturated rings. The van der Waals surface area contributed by atoms with Crippen LogP contribution >= 0.6 is 11.8 Å². The van der Waals surface area contributed by atoms with Crippen molar-refractivity contribution in [2.45, 2.75) is 27.0 Å². The number of carbonyl (C=O) groups is 2. The van der Waals surface area contributed by atoms with Crippen LogP contribution < -0.4 is 9.47 Å². The van der Waals surface area contributed by atoms with Gasteiger partial charge in [0.05, 0.1) is 18.1 Å². The van der Waals surface area contributed by atoms with Crippen LogP contribution in [0.5, 0.6) is 11.5 Å². The van der Waals surface area contributed by atoms with E-state index in [0.717, 1.165) is 39.4 Å². The van der Waals surface area contributed by atoms with Gasteiger partial charge in [-0.25, -0.2) is 0 Å². The average molecular weight is 510 g/mol. The fourth-order valence-corrected chi connectivity index (χ4v) is 5.19. The van der Waals surface area contributed by atoms with E-state index in [2.05, 4.69) is 24.3 Å². The first kappa shape index (κ1) is 24.7. The Labute approximate surface area is 220 Å². The van der Waals surface area contributed by atoms with Crippen molar-refractivity contribution in [1.29, 1.82) is 0 Å². The van der Waals surface area contributed by atoms with Crippen LogP contribution in [0.2, 0.25) is 0 Å². The summed E-state index contributed by atoms with van der Waals surface area (Å²) < 4.78 is 12.0. The number of nitrogens with zero attached hydrogens (tertiary/aromatic N) is 1. The number of thioether (sulfide) groups is 1. The molecular formula is C31H27NO4S. The monoisotopic (exact) mass is 509 g/mol. The number of imide groups is 1. The summed E-state index contributed by atoms with van der Waals surface area (Å²) in [6, 6.07) is 27.8. The number of hydrogen-bond acceptors (Lipinski definition) is 5. The Hall–Kier alpha value is -4.03. The predicted molar refractivity (Wildman–Crippen MR) is 149 cm³/mol. The van der Waals surface area contributed by atoms with Gasteiger partial charge >= 0.3 is 0 Å². The summed E-state index contributed by atoms with van der Waals surface area (Å²) in [6.45, 7) is 5.04. The van der Waals surface area contributed by atoms with E-state index in [-0.39, 0.29) is 17.7 Å². The van der Waals surface area contributed by atoms with E-state index in [1.165, 1.54) is 10.3 Å². The molecule has 1 aliphatic heterocycles. The zero-order chi connectivity index (χ0) is 25.8. The summed E-state index contributed by atoms with van der Waals surface area (Å²) in [4.78, 5) is 27.3. The third kappa shape index (κ3) is 5.54. The summed E-state index contributed by atoms with van der Waals surface area (Å²) in [6.07, 6.45) is 1.73. The largest absolute Gasteiger partial charge is 0.490 e. The van der Waals surface area contributed by atoms with Gasteiger partial charge in [0, 0.05) is 0 Å². The highest BCUT2D eigenvalue weighted by atomic mass is 32.2. The molecule has 0 bridgehead atoms. The predicted octanol–water partition coefficient (Wildman–Crippen LogP) is 7.36. The van der Waals surface area contributed by atoms with Crippen molar-refractivity contribution in [3.63, 3.8) is 0 Å².